The van der Waals surface area contributed by atoms with Crippen LogP contribution in [0.4, 0.5) is 0 Å². The monoisotopic (exact) mass is 349 g/mol. The summed E-state index contributed by atoms with van der Waals surface area (Å²) in [5.41, 5.74) is 8.57. The van der Waals surface area contributed by atoms with E-state index >= 15 is 0 Å². The topological polar surface area (TPSA) is 61.7 Å². The summed E-state index contributed by atoms with van der Waals surface area (Å²) in [6, 6.07) is 5.40. The minimum atomic E-state index is 0.402. The summed E-state index contributed by atoms with van der Waals surface area (Å²) >= 11 is 12.2. The minimum Gasteiger partial charge on any atom is -0.337 e. The van der Waals surface area contributed by atoms with Gasteiger partial charge in [-0.25, -0.2) is 9.97 Å². The molecule has 0 aliphatic rings. The van der Waals surface area contributed by atoms with Crippen molar-refractivity contribution in [1.82, 2.24) is 19.1 Å². The molecule has 2 heterocycles. The molecule has 23 heavy (non-hydrogen) atoms. The number of hydrogen-bond acceptors (Lipinski definition) is 3. The van der Waals surface area contributed by atoms with Crippen molar-refractivity contribution in [3.8, 4) is 11.3 Å². The fourth-order valence-corrected chi connectivity index (χ4v) is 3.06. The summed E-state index contributed by atoms with van der Waals surface area (Å²) in [5, 5.41) is 1.18. The van der Waals surface area contributed by atoms with Gasteiger partial charge in [-0.2, -0.15) is 0 Å². The molecular formula is C16H17Cl2N5. The Labute approximate surface area is 144 Å². The van der Waals surface area contributed by atoms with E-state index in [1.807, 2.05) is 24.9 Å². The lowest BCUT2D eigenvalue weighted by atomic mass is 10.1. The largest absolute Gasteiger partial charge is 0.337 e. The van der Waals surface area contributed by atoms with Crippen molar-refractivity contribution in [3.63, 3.8) is 0 Å². The first-order valence-electron chi connectivity index (χ1n) is 7.34. The van der Waals surface area contributed by atoms with Crippen LogP contribution in [0.3, 0.4) is 0 Å². The third-order valence-electron chi connectivity index (χ3n) is 3.70. The standard InChI is InChI=1S/C16H17Cl2N5/c17-12-2-3-13(14(18)8-12)16-15(9-19)23(11-21-16)6-1-5-22-7-4-20-10-22/h2-4,7-8,10-11H,1,5-6,9,19H2. The second-order valence-corrected chi connectivity index (χ2v) is 6.06. The van der Waals surface area contributed by atoms with Gasteiger partial charge in [0.2, 0.25) is 0 Å². The van der Waals surface area contributed by atoms with E-state index in [0.717, 1.165) is 36.5 Å². The molecule has 2 aromatic heterocycles. The highest BCUT2D eigenvalue weighted by atomic mass is 35.5. The molecule has 0 atom stereocenters. The molecule has 120 valence electrons. The molecule has 0 saturated heterocycles. The Balaban J connectivity index is 1.79. The average Bonchev–Trinajstić information content (AvgIpc) is 3.17. The number of halogens is 2. The maximum Gasteiger partial charge on any atom is 0.0956 e. The van der Waals surface area contributed by atoms with Crippen LogP contribution in [0.15, 0.2) is 43.2 Å². The van der Waals surface area contributed by atoms with Crippen LogP contribution in [-0.2, 0) is 19.6 Å². The first kappa shape index (κ1) is 16.1. The van der Waals surface area contributed by atoms with Crippen molar-refractivity contribution < 1.29 is 0 Å². The van der Waals surface area contributed by atoms with Crippen LogP contribution in [0, 0.1) is 0 Å². The number of hydrogen-bond donors (Lipinski definition) is 1. The third kappa shape index (κ3) is 3.58. The van der Waals surface area contributed by atoms with E-state index in [1.54, 1.807) is 18.3 Å². The van der Waals surface area contributed by atoms with Crippen LogP contribution in [0.2, 0.25) is 10.0 Å². The van der Waals surface area contributed by atoms with E-state index in [2.05, 4.69) is 19.1 Å². The molecule has 7 heteroatoms. The molecular weight excluding hydrogens is 333 g/mol. The van der Waals surface area contributed by atoms with Crippen LogP contribution in [-0.4, -0.2) is 19.1 Å². The molecule has 5 nitrogen and oxygen atoms in total. The number of aryl methyl sites for hydroxylation is 2. The SMILES string of the molecule is NCc1c(-c2ccc(Cl)cc2Cl)ncn1CCCn1ccnc1. The molecule has 0 saturated carbocycles. The maximum absolute atomic E-state index is 6.29. The van der Waals surface area contributed by atoms with Gasteiger partial charge in [-0.1, -0.05) is 23.2 Å². The molecule has 0 spiro atoms. The fraction of sp³-hybridized carbons (Fsp3) is 0.250. The maximum atomic E-state index is 6.29. The Morgan fingerprint density at radius 2 is 2.00 bits per heavy atom. The number of rotatable bonds is 6. The average molecular weight is 350 g/mol. The second kappa shape index (κ2) is 7.17. The quantitative estimate of drug-likeness (QED) is 0.739. The van der Waals surface area contributed by atoms with Crippen molar-refractivity contribution in [2.24, 2.45) is 5.73 Å². The van der Waals surface area contributed by atoms with Crippen molar-refractivity contribution in [2.45, 2.75) is 26.1 Å². The lowest BCUT2D eigenvalue weighted by molar-refractivity contribution is 0.551. The molecule has 0 radical (unpaired) electrons. The molecule has 2 N–H and O–H groups in total. The summed E-state index contributed by atoms with van der Waals surface area (Å²) in [4.78, 5) is 8.54. The number of nitrogens with zero attached hydrogens (tertiary/aromatic N) is 4. The summed E-state index contributed by atoms with van der Waals surface area (Å²) in [7, 11) is 0. The number of benzene rings is 1. The first-order chi connectivity index (χ1) is 11.2. The van der Waals surface area contributed by atoms with E-state index in [-0.39, 0.29) is 0 Å². The van der Waals surface area contributed by atoms with E-state index < -0.39 is 0 Å². The van der Waals surface area contributed by atoms with Crippen LogP contribution >= 0.6 is 23.2 Å². The number of nitrogens with two attached hydrogens (primary N) is 1. The Morgan fingerprint density at radius 3 is 2.70 bits per heavy atom. The van der Waals surface area contributed by atoms with Crippen molar-refractivity contribution in [1.29, 1.82) is 0 Å². The lowest BCUT2D eigenvalue weighted by Gasteiger charge is -2.09. The number of imidazole rings is 2. The van der Waals surface area contributed by atoms with Crippen molar-refractivity contribution in [2.75, 3.05) is 0 Å². The van der Waals surface area contributed by atoms with Gasteiger partial charge in [0.1, 0.15) is 0 Å². The van der Waals surface area contributed by atoms with Crippen molar-refractivity contribution in [3.05, 3.63) is 59.0 Å². The van der Waals surface area contributed by atoms with E-state index in [9.17, 15) is 0 Å². The summed E-state index contributed by atoms with van der Waals surface area (Å²) in [6.45, 7) is 2.14. The predicted octanol–water partition coefficient (Wildman–Crippen LogP) is 3.60. The van der Waals surface area contributed by atoms with Gasteiger partial charge < -0.3 is 14.9 Å². The Morgan fingerprint density at radius 1 is 1.13 bits per heavy atom. The van der Waals surface area contributed by atoms with Crippen LogP contribution in [0.1, 0.15) is 12.1 Å². The molecule has 0 fully saturated rings. The van der Waals surface area contributed by atoms with Gasteiger partial charge in [0.25, 0.3) is 0 Å². The molecule has 1 aromatic carbocycles. The number of aromatic nitrogens is 4. The van der Waals surface area contributed by atoms with Crippen molar-refractivity contribution >= 4 is 23.2 Å². The van der Waals surface area contributed by atoms with Gasteiger partial charge in [-0.15, -0.1) is 0 Å². The molecule has 0 aliphatic heterocycles. The second-order valence-electron chi connectivity index (χ2n) is 5.22. The van der Waals surface area contributed by atoms with Crippen LogP contribution in [0.5, 0.6) is 0 Å². The van der Waals surface area contributed by atoms with Gasteiger partial charge in [-0.3, -0.25) is 0 Å². The summed E-state index contributed by atoms with van der Waals surface area (Å²) < 4.78 is 4.13. The normalized spacial score (nSPS) is 11.1. The highest BCUT2D eigenvalue weighted by molar-refractivity contribution is 6.36. The van der Waals surface area contributed by atoms with Crippen LogP contribution in [0.25, 0.3) is 11.3 Å². The Kier molecular flexibility index (Phi) is 5.00. The summed E-state index contributed by atoms with van der Waals surface area (Å²) in [5.74, 6) is 0. The highest BCUT2D eigenvalue weighted by Crippen LogP contribution is 2.31. The van der Waals surface area contributed by atoms with E-state index in [1.165, 1.54) is 0 Å². The zero-order valence-corrected chi connectivity index (χ0v) is 14.0. The van der Waals surface area contributed by atoms with Gasteiger partial charge in [0.05, 0.1) is 29.1 Å². The molecule has 3 rings (SSSR count). The van der Waals surface area contributed by atoms with E-state index in [0.29, 0.717) is 16.6 Å². The fourth-order valence-electron chi connectivity index (χ4n) is 2.56. The van der Waals surface area contributed by atoms with Crippen LogP contribution < -0.4 is 5.73 Å². The third-order valence-corrected chi connectivity index (χ3v) is 4.25. The Hall–Kier alpha value is -1.82. The molecule has 0 unspecified atom stereocenters. The zero-order valence-electron chi connectivity index (χ0n) is 12.5. The zero-order chi connectivity index (χ0) is 16.2. The minimum absolute atomic E-state index is 0.402. The summed E-state index contributed by atoms with van der Waals surface area (Å²) in [6.07, 6.45) is 8.33. The van der Waals surface area contributed by atoms with Gasteiger partial charge >= 0.3 is 0 Å². The predicted molar refractivity (Wildman–Crippen MR) is 92.4 cm³/mol. The molecule has 3 aromatic rings. The first-order valence-corrected chi connectivity index (χ1v) is 8.10. The lowest BCUT2D eigenvalue weighted by Crippen LogP contribution is -2.09. The molecule has 0 amide bonds. The van der Waals surface area contributed by atoms with E-state index in [4.69, 9.17) is 28.9 Å². The van der Waals surface area contributed by atoms with Gasteiger partial charge in [0, 0.05) is 42.6 Å². The Bertz CT molecular complexity index is 780. The molecule has 0 bridgehead atoms. The van der Waals surface area contributed by atoms with Gasteiger partial charge in [0.15, 0.2) is 0 Å². The smallest absolute Gasteiger partial charge is 0.0956 e. The molecule has 0 aliphatic carbocycles. The van der Waals surface area contributed by atoms with Gasteiger partial charge in [-0.05, 0) is 24.6 Å². The highest BCUT2D eigenvalue weighted by Gasteiger charge is 2.14.